The third-order valence-corrected chi connectivity index (χ3v) is 6.96. The highest BCUT2D eigenvalue weighted by molar-refractivity contribution is 5.47. The summed E-state index contributed by atoms with van der Waals surface area (Å²) < 4.78 is 0. The first-order chi connectivity index (χ1) is 12.9. The highest BCUT2D eigenvalue weighted by Crippen LogP contribution is 2.41. The number of aliphatic hydroxyl groups is 2. The van der Waals surface area contributed by atoms with Gasteiger partial charge in [-0.15, -0.1) is 0 Å². The van der Waals surface area contributed by atoms with Crippen LogP contribution in [0.2, 0.25) is 0 Å². The summed E-state index contributed by atoms with van der Waals surface area (Å²) in [5.41, 5.74) is 10.4. The van der Waals surface area contributed by atoms with E-state index in [0.717, 1.165) is 32.1 Å². The minimum absolute atomic E-state index is 0.303. The van der Waals surface area contributed by atoms with E-state index in [1.54, 1.807) is 0 Å². The summed E-state index contributed by atoms with van der Waals surface area (Å²) in [7, 11) is 0. The summed E-state index contributed by atoms with van der Waals surface area (Å²) in [6, 6.07) is 8.89. The quantitative estimate of drug-likeness (QED) is 0.807. The Kier molecular flexibility index (Phi) is 4.90. The Labute approximate surface area is 163 Å². The molecule has 27 heavy (non-hydrogen) atoms. The highest BCUT2D eigenvalue weighted by Gasteiger charge is 2.32. The molecule has 2 heteroatoms. The van der Waals surface area contributed by atoms with Crippen molar-refractivity contribution in [1.29, 1.82) is 0 Å². The molecule has 0 spiro atoms. The minimum atomic E-state index is -0.303. The van der Waals surface area contributed by atoms with Gasteiger partial charge in [-0.2, -0.15) is 0 Å². The van der Waals surface area contributed by atoms with Crippen LogP contribution in [0.3, 0.4) is 0 Å². The molecule has 2 aromatic rings. The molecule has 0 aliphatic heterocycles. The molecule has 4 atom stereocenters. The molecule has 0 radical (unpaired) electrons. The van der Waals surface area contributed by atoms with Crippen molar-refractivity contribution in [2.75, 3.05) is 0 Å². The molecule has 0 aromatic heterocycles. The first kappa shape index (κ1) is 18.7. The van der Waals surface area contributed by atoms with E-state index in [0.29, 0.717) is 11.8 Å². The standard InChI is InChI=1S/C25H32O2/c1-14-8-10-18(20-12-16(3)24(26)22(14)20)6-5-7-19-11-9-15(2)23-21(19)13-17(4)25(23)27/h8-11,16-17,24-27H,5-7,12-13H2,1-4H3. The maximum atomic E-state index is 10.5. The zero-order chi connectivity index (χ0) is 19.3. The number of aliphatic hydroxyl groups excluding tert-OH is 2. The molecular weight excluding hydrogens is 332 g/mol. The third-order valence-electron chi connectivity index (χ3n) is 6.96. The highest BCUT2D eigenvalue weighted by atomic mass is 16.3. The minimum Gasteiger partial charge on any atom is -0.388 e. The van der Waals surface area contributed by atoms with E-state index in [-0.39, 0.29) is 12.2 Å². The summed E-state index contributed by atoms with van der Waals surface area (Å²) in [6.45, 7) is 8.53. The van der Waals surface area contributed by atoms with Crippen molar-refractivity contribution in [1.82, 2.24) is 0 Å². The first-order valence-corrected chi connectivity index (χ1v) is 10.5. The van der Waals surface area contributed by atoms with Gasteiger partial charge in [-0.1, -0.05) is 38.1 Å². The van der Waals surface area contributed by atoms with Crippen molar-refractivity contribution < 1.29 is 10.2 Å². The molecule has 4 unspecified atom stereocenters. The van der Waals surface area contributed by atoms with Gasteiger partial charge < -0.3 is 10.2 Å². The van der Waals surface area contributed by atoms with Crippen LogP contribution in [0.25, 0.3) is 0 Å². The van der Waals surface area contributed by atoms with Gasteiger partial charge in [0.25, 0.3) is 0 Å². The lowest BCUT2D eigenvalue weighted by Crippen LogP contribution is -2.03. The normalized spacial score (nSPS) is 26.3. The van der Waals surface area contributed by atoms with Crippen LogP contribution in [-0.2, 0) is 25.7 Å². The van der Waals surface area contributed by atoms with E-state index >= 15 is 0 Å². The fourth-order valence-corrected chi connectivity index (χ4v) is 5.33. The largest absolute Gasteiger partial charge is 0.388 e. The Morgan fingerprint density at radius 3 is 1.56 bits per heavy atom. The van der Waals surface area contributed by atoms with Crippen molar-refractivity contribution in [3.05, 3.63) is 68.8 Å². The second kappa shape index (κ2) is 7.07. The van der Waals surface area contributed by atoms with Crippen LogP contribution in [0, 0.1) is 25.7 Å². The van der Waals surface area contributed by atoms with Crippen molar-refractivity contribution in [2.24, 2.45) is 11.8 Å². The summed E-state index contributed by atoms with van der Waals surface area (Å²) in [5, 5.41) is 21.0. The lowest BCUT2D eigenvalue weighted by Gasteiger charge is -2.15. The molecule has 0 saturated heterocycles. The number of rotatable bonds is 4. The Bertz CT molecular complexity index is 796. The van der Waals surface area contributed by atoms with E-state index in [9.17, 15) is 10.2 Å². The van der Waals surface area contributed by atoms with Crippen LogP contribution in [0.4, 0.5) is 0 Å². The van der Waals surface area contributed by atoms with Gasteiger partial charge in [0.15, 0.2) is 0 Å². The van der Waals surface area contributed by atoms with E-state index in [4.69, 9.17) is 0 Å². The van der Waals surface area contributed by atoms with Crippen LogP contribution in [0.1, 0.15) is 77.0 Å². The van der Waals surface area contributed by atoms with E-state index in [2.05, 4.69) is 52.0 Å². The Hall–Kier alpha value is -1.64. The monoisotopic (exact) mass is 364 g/mol. The van der Waals surface area contributed by atoms with Gasteiger partial charge in [0, 0.05) is 0 Å². The van der Waals surface area contributed by atoms with Crippen LogP contribution < -0.4 is 0 Å². The topological polar surface area (TPSA) is 40.5 Å². The molecule has 0 saturated carbocycles. The number of hydrogen-bond donors (Lipinski definition) is 2. The lowest BCUT2D eigenvalue weighted by molar-refractivity contribution is 0.132. The maximum Gasteiger partial charge on any atom is 0.0824 e. The Morgan fingerprint density at radius 1 is 0.741 bits per heavy atom. The summed E-state index contributed by atoms with van der Waals surface area (Å²) in [4.78, 5) is 0. The van der Waals surface area contributed by atoms with Gasteiger partial charge in [0.2, 0.25) is 0 Å². The third kappa shape index (κ3) is 3.13. The number of hydrogen-bond acceptors (Lipinski definition) is 2. The molecule has 0 heterocycles. The van der Waals surface area contributed by atoms with Gasteiger partial charge in [-0.25, -0.2) is 0 Å². The SMILES string of the molecule is Cc1ccc(CCCc2ccc(C)c3c2CC(C)C3O)c2c1C(O)C(C)C2. The molecule has 4 rings (SSSR count). The zero-order valence-electron chi connectivity index (χ0n) is 17.0. The van der Waals surface area contributed by atoms with Gasteiger partial charge in [0.05, 0.1) is 12.2 Å². The van der Waals surface area contributed by atoms with Crippen LogP contribution >= 0.6 is 0 Å². The molecule has 2 N–H and O–H groups in total. The Morgan fingerprint density at radius 2 is 1.15 bits per heavy atom. The number of fused-ring (bicyclic) bond motifs is 2. The molecule has 0 amide bonds. The zero-order valence-corrected chi connectivity index (χ0v) is 17.0. The Balaban J connectivity index is 1.52. The van der Waals surface area contributed by atoms with Crippen molar-refractivity contribution in [3.8, 4) is 0 Å². The van der Waals surface area contributed by atoms with Crippen LogP contribution in [0.5, 0.6) is 0 Å². The van der Waals surface area contributed by atoms with Gasteiger partial charge in [-0.3, -0.25) is 0 Å². The molecule has 2 nitrogen and oxygen atoms in total. The molecule has 144 valence electrons. The van der Waals surface area contributed by atoms with Crippen LogP contribution in [0.15, 0.2) is 24.3 Å². The summed E-state index contributed by atoms with van der Waals surface area (Å²) in [5.74, 6) is 0.645. The fraction of sp³-hybridized carbons (Fsp3) is 0.520. The smallest absolute Gasteiger partial charge is 0.0824 e. The lowest BCUT2D eigenvalue weighted by atomic mass is 9.92. The van der Waals surface area contributed by atoms with Gasteiger partial charge in [-0.05, 0) is 102 Å². The summed E-state index contributed by atoms with van der Waals surface area (Å²) in [6.07, 6.45) is 4.62. The maximum absolute atomic E-state index is 10.5. The molecule has 2 aromatic carbocycles. The second-order valence-electron chi connectivity index (χ2n) is 8.97. The number of aryl methyl sites for hydroxylation is 4. The van der Waals surface area contributed by atoms with Crippen molar-refractivity contribution in [3.63, 3.8) is 0 Å². The molecule has 2 aliphatic carbocycles. The predicted molar refractivity (Wildman–Crippen MR) is 110 cm³/mol. The number of benzene rings is 2. The van der Waals surface area contributed by atoms with E-state index in [1.807, 2.05) is 0 Å². The van der Waals surface area contributed by atoms with Gasteiger partial charge in [0.1, 0.15) is 0 Å². The van der Waals surface area contributed by atoms with Crippen molar-refractivity contribution >= 4 is 0 Å². The second-order valence-corrected chi connectivity index (χ2v) is 8.97. The van der Waals surface area contributed by atoms with E-state index < -0.39 is 0 Å². The molecule has 0 fully saturated rings. The first-order valence-electron chi connectivity index (χ1n) is 10.5. The summed E-state index contributed by atoms with van der Waals surface area (Å²) >= 11 is 0. The molecule has 0 bridgehead atoms. The molecular formula is C25H32O2. The molecule has 2 aliphatic rings. The van der Waals surface area contributed by atoms with Gasteiger partial charge >= 0.3 is 0 Å². The van der Waals surface area contributed by atoms with E-state index in [1.165, 1.54) is 44.5 Å². The predicted octanol–water partition coefficient (Wildman–Crippen LogP) is 4.93. The van der Waals surface area contributed by atoms with Crippen molar-refractivity contribution in [2.45, 2.75) is 72.0 Å². The average molecular weight is 365 g/mol. The van der Waals surface area contributed by atoms with Crippen LogP contribution in [-0.4, -0.2) is 10.2 Å². The fourth-order valence-electron chi connectivity index (χ4n) is 5.33. The average Bonchev–Trinajstić information content (AvgIpc) is 3.10.